The molecule has 0 bridgehead atoms. The Morgan fingerprint density at radius 3 is 2.95 bits per heavy atom. The number of amides is 1. The summed E-state index contributed by atoms with van der Waals surface area (Å²) in [6, 6.07) is 4.88. The standard InChI is InChI=1S/C14H13N5O2/c1-8-4-5-10(20)12(16-8)17-14(21)11-9(2)18-19-7-3-6-15-13(11)19/h3-7,20H,1-2H3,(H,16,17,21). The average Bonchev–Trinajstić information content (AvgIpc) is 2.78. The minimum absolute atomic E-state index is 0.0870. The summed E-state index contributed by atoms with van der Waals surface area (Å²) in [5.41, 5.74) is 2.06. The summed E-state index contributed by atoms with van der Waals surface area (Å²) in [7, 11) is 0. The smallest absolute Gasteiger partial charge is 0.262 e. The Hall–Kier alpha value is -2.96. The quantitative estimate of drug-likeness (QED) is 0.746. The van der Waals surface area contributed by atoms with Crippen LogP contribution in [0.3, 0.4) is 0 Å². The molecule has 3 rings (SSSR count). The lowest BCUT2D eigenvalue weighted by molar-refractivity contribution is 0.102. The molecule has 3 aromatic rings. The first-order valence-corrected chi connectivity index (χ1v) is 6.34. The molecule has 21 heavy (non-hydrogen) atoms. The molecule has 0 aromatic carbocycles. The predicted molar refractivity (Wildman–Crippen MR) is 76.3 cm³/mol. The molecule has 0 atom stereocenters. The molecule has 0 aliphatic carbocycles. The van der Waals surface area contributed by atoms with Crippen molar-refractivity contribution >= 4 is 17.4 Å². The van der Waals surface area contributed by atoms with Gasteiger partial charge in [0.2, 0.25) is 0 Å². The molecule has 7 nitrogen and oxygen atoms in total. The van der Waals surface area contributed by atoms with E-state index in [1.54, 1.807) is 38.4 Å². The highest BCUT2D eigenvalue weighted by Crippen LogP contribution is 2.22. The van der Waals surface area contributed by atoms with Crippen LogP contribution in [0.25, 0.3) is 5.65 Å². The Morgan fingerprint density at radius 1 is 1.33 bits per heavy atom. The van der Waals surface area contributed by atoms with Crippen LogP contribution in [0, 0.1) is 13.8 Å². The summed E-state index contributed by atoms with van der Waals surface area (Å²) in [4.78, 5) is 20.7. The second-order valence-corrected chi connectivity index (χ2v) is 4.62. The number of nitrogens with zero attached hydrogens (tertiary/aromatic N) is 4. The van der Waals surface area contributed by atoms with Gasteiger partial charge in [-0.3, -0.25) is 4.79 Å². The molecule has 3 aromatic heterocycles. The lowest BCUT2D eigenvalue weighted by Gasteiger charge is -2.06. The SMILES string of the molecule is Cc1ccc(O)c(NC(=O)c2c(C)nn3cccnc23)n1. The fourth-order valence-electron chi connectivity index (χ4n) is 2.07. The zero-order chi connectivity index (χ0) is 15.0. The van der Waals surface area contributed by atoms with E-state index in [0.29, 0.717) is 22.6 Å². The first kappa shape index (κ1) is 13.0. The summed E-state index contributed by atoms with van der Waals surface area (Å²) in [5.74, 6) is -0.375. The van der Waals surface area contributed by atoms with E-state index in [9.17, 15) is 9.90 Å². The van der Waals surface area contributed by atoms with Crippen molar-refractivity contribution in [2.45, 2.75) is 13.8 Å². The largest absolute Gasteiger partial charge is 0.504 e. The second-order valence-electron chi connectivity index (χ2n) is 4.62. The lowest BCUT2D eigenvalue weighted by Crippen LogP contribution is -2.14. The normalized spacial score (nSPS) is 10.8. The maximum atomic E-state index is 12.4. The third-order valence-electron chi connectivity index (χ3n) is 3.04. The molecule has 0 fully saturated rings. The first-order chi connectivity index (χ1) is 10.1. The maximum absolute atomic E-state index is 12.4. The van der Waals surface area contributed by atoms with Crippen molar-refractivity contribution in [3.8, 4) is 5.75 Å². The first-order valence-electron chi connectivity index (χ1n) is 6.34. The van der Waals surface area contributed by atoms with Gasteiger partial charge in [-0.2, -0.15) is 5.10 Å². The van der Waals surface area contributed by atoms with Gasteiger partial charge in [-0.15, -0.1) is 0 Å². The monoisotopic (exact) mass is 283 g/mol. The Labute approximate surface area is 120 Å². The highest BCUT2D eigenvalue weighted by atomic mass is 16.3. The van der Waals surface area contributed by atoms with Gasteiger partial charge in [-0.25, -0.2) is 14.5 Å². The molecule has 7 heteroatoms. The number of aromatic hydroxyl groups is 1. The number of aryl methyl sites for hydroxylation is 2. The third-order valence-corrected chi connectivity index (χ3v) is 3.04. The maximum Gasteiger partial charge on any atom is 0.262 e. The number of hydrogen-bond acceptors (Lipinski definition) is 5. The third kappa shape index (κ3) is 2.29. The molecule has 0 spiro atoms. The van der Waals surface area contributed by atoms with Gasteiger partial charge in [0.1, 0.15) is 5.56 Å². The average molecular weight is 283 g/mol. The Bertz CT molecular complexity index is 840. The number of carbonyl (C=O) groups is 1. The molecular formula is C14H13N5O2. The van der Waals surface area contributed by atoms with E-state index in [1.807, 2.05) is 0 Å². The summed E-state index contributed by atoms with van der Waals surface area (Å²) in [5, 5.41) is 16.6. The number of rotatable bonds is 2. The van der Waals surface area contributed by atoms with E-state index < -0.39 is 5.91 Å². The van der Waals surface area contributed by atoms with E-state index in [1.165, 1.54) is 10.6 Å². The molecule has 2 N–H and O–H groups in total. The number of aromatic nitrogens is 4. The van der Waals surface area contributed by atoms with Crippen molar-refractivity contribution in [1.82, 2.24) is 19.6 Å². The van der Waals surface area contributed by atoms with Crippen molar-refractivity contribution in [3.63, 3.8) is 0 Å². The molecule has 0 aliphatic rings. The summed E-state index contributed by atoms with van der Waals surface area (Å²) >= 11 is 0. The fraction of sp³-hybridized carbons (Fsp3) is 0.143. The molecular weight excluding hydrogens is 270 g/mol. The molecule has 0 unspecified atom stereocenters. The fourth-order valence-corrected chi connectivity index (χ4v) is 2.07. The number of pyridine rings is 1. The Morgan fingerprint density at radius 2 is 2.14 bits per heavy atom. The van der Waals surface area contributed by atoms with Gasteiger partial charge in [0, 0.05) is 18.1 Å². The van der Waals surface area contributed by atoms with Crippen molar-refractivity contribution in [3.05, 3.63) is 47.5 Å². The molecule has 106 valence electrons. The molecule has 1 amide bonds. The van der Waals surface area contributed by atoms with Crippen LogP contribution in [0.1, 0.15) is 21.7 Å². The van der Waals surface area contributed by atoms with Crippen molar-refractivity contribution in [2.75, 3.05) is 5.32 Å². The number of anilines is 1. The predicted octanol–water partition coefficient (Wildman–Crippen LogP) is 1.70. The topological polar surface area (TPSA) is 92.4 Å². The second kappa shape index (κ2) is 4.86. The minimum atomic E-state index is -0.408. The van der Waals surface area contributed by atoms with Crippen molar-refractivity contribution < 1.29 is 9.90 Å². The van der Waals surface area contributed by atoms with Crippen LogP contribution in [-0.2, 0) is 0 Å². The molecule has 0 radical (unpaired) electrons. The van der Waals surface area contributed by atoms with Crippen LogP contribution in [0.5, 0.6) is 5.75 Å². The molecule has 3 heterocycles. The highest BCUT2D eigenvalue weighted by Gasteiger charge is 2.19. The van der Waals surface area contributed by atoms with Crippen molar-refractivity contribution in [1.29, 1.82) is 0 Å². The van der Waals surface area contributed by atoms with Gasteiger partial charge in [-0.05, 0) is 32.0 Å². The van der Waals surface area contributed by atoms with E-state index in [0.717, 1.165) is 0 Å². The zero-order valence-corrected chi connectivity index (χ0v) is 11.5. The van der Waals surface area contributed by atoms with Gasteiger partial charge in [-0.1, -0.05) is 0 Å². The van der Waals surface area contributed by atoms with Gasteiger partial charge in [0.25, 0.3) is 5.91 Å². The van der Waals surface area contributed by atoms with Crippen LogP contribution in [0.4, 0.5) is 5.82 Å². The highest BCUT2D eigenvalue weighted by molar-refractivity contribution is 6.09. The Balaban J connectivity index is 2.01. The molecule has 0 aliphatic heterocycles. The van der Waals surface area contributed by atoms with Gasteiger partial charge >= 0.3 is 0 Å². The van der Waals surface area contributed by atoms with Crippen LogP contribution >= 0.6 is 0 Å². The number of carbonyl (C=O) groups excluding carboxylic acids is 1. The van der Waals surface area contributed by atoms with E-state index in [2.05, 4.69) is 20.4 Å². The van der Waals surface area contributed by atoms with Crippen LogP contribution in [-0.4, -0.2) is 30.6 Å². The van der Waals surface area contributed by atoms with E-state index in [4.69, 9.17) is 0 Å². The van der Waals surface area contributed by atoms with Gasteiger partial charge < -0.3 is 10.4 Å². The molecule has 0 saturated heterocycles. The van der Waals surface area contributed by atoms with Crippen LogP contribution < -0.4 is 5.32 Å². The number of nitrogens with one attached hydrogen (secondary N) is 1. The number of hydrogen-bond donors (Lipinski definition) is 2. The van der Waals surface area contributed by atoms with E-state index in [-0.39, 0.29) is 11.6 Å². The lowest BCUT2D eigenvalue weighted by atomic mass is 10.2. The minimum Gasteiger partial charge on any atom is -0.504 e. The van der Waals surface area contributed by atoms with Crippen LogP contribution in [0.2, 0.25) is 0 Å². The van der Waals surface area contributed by atoms with E-state index >= 15 is 0 Å². The Kier molecular flexibility index (Phi) is 3.02. The zero-order valence-electron chi connectivity index (χ0n) is 11.5. The summed E-state index contributed by atoms with van der Waals surface area (Å²) < 4.78 is 1.54. The summed E-state index contributed by atoms with van der Waals surface area (Å²) in [6.07, 6.45) is 3.31. The summed E-state index contributed by atoms with van der Waals surface area (Å²) in [6.45, 7) is 3.50. The number of fused-ring (bicyclic) bond motifs is 1. The van der Waals surface area contributed by atoms with Gasteiger partial charge in [0.05, 0.1) is 5.69 Å². The molecule has 0 saturated carbocycles. The van der Waals surface area contributed by atoms with Gasteiger partial charge in [0.15, 0.2) is 17.2 Å². The van der Waals surface area contributed by atoms with Crippen molar-refractivity contribution in [2.24, 2.45) is 0 Å². The van der Waals surface area contributed by atoms with Crippen LogP contribution in [0.15, 0.2) is 30.6 Å².